The number of hydrogen-bond acceptors (Lipinski definition) is 2. The second-order valence-corrected chi connectivity index (χ2v) is 3.39. The average molecular weight is 232 g/mol. The van der Waals surface area contributed by atoms with E-state index in [1.165, 1.54) is 36.5 Å². The first-order valence-corrected chi connectivity index (χ1v) is 4.91. The summed E-state index contributed by atoms with van der Waals surface area (Å²) in [5.41, 5.74) is 0.254. The Bertz CT molecular complexity index is 558. The Kier molecular flexibility index (Phi) is 3.00. The maximum atomic E-state index is 13.3. The molecule has 1 heterocycles. The van der Waals surface area contributed by atoms with Crippen LogP contribution in [0.25, 0.3) is 0 Å². The molecule has 0 atom stereocenters. The fraction of sp³-hybridized carbons (Fsp3) is 0. The van der Waals surface area contributed by atoms with Crippen molar-refractivity contribution in [2.45, 2.75) is 0 Å². The zero-order chi connectivity index (χ0) is 12.3. The lowest BCUT2D eigenvalue weighted by atomic mass is 10.2. The van der Waals surface area contributed by atoms with Gasteiger partial charge in [0.25, 0.3) is 5.91 Å². The number of nitrogens with zero attached hydrogens (tertiary/aromatic N) is 1. The third-order valence-corrected chi connectivity index (χ3v) is 2.16. The number of pyridine rings is 1. The molecule has 0 radical (unpaired) electrons. The molecule has 17 heavy (non-hydrogen) atoms. The van der Waals surface area contributed by atoms with Gasteiger partial charge < -0.3 is 10.5 Å². The summed E-state index contributed by atoms with van der Waals surface area (Å²) in [5, 5.41) is 13.4. The third-order valence-electron chi connectivity index (χ3n) is 2.16. The Balaban J connectivity index is 2.20. The summed E-state index contributed by atoms with van der Waals surface area (Å²) >= 11 is 0. The summed E-state index contributed by atoms with van der Waals surface area (Å²) in [6, 6.07) is 8.75. The second-order valence-electron chi connectivity index (χ2n) is 3.39. The molecular weight excluding hydrogens is 223 g/mol. The number of halogens is 1. The van der Waals surface area contributed by atoms with Crippen molar-refractivity contribution >= 4 is 11.6 Å². The van der Waals surface area contributed by atoms with Crippen molar-refractivity contribution in [3.05, 3.63) is 65.4 Å². The van der Waals surface area contributed by atoms with E-state index in [0.29, 0.717) is 4.73 Å². The number of amides is 1. The summed E-state index contributed by atoms with van der Waals surface area (Å²) < 4.78 is 13.8. The van der Waals surface area contributed by atoms with Gasteiger partial charge in [0.2, 0.25) is 0 Å². The molecule has 1 aromatic heterocycles. The van der Waals surface area contributed by atoms with Crippen LogP contribution in [0.3, 0.4) is 0 Å². The van der Waals surface area contributed by atoms with Crippen LogP contribution in [0.2, 0.25) is 0 Å². The van der Waals surface area contributed by atoms with Crippen LogP contribution in [-0.2, 0) is 0 Å². The first-order valence-electron chi connectivity index (χ1n) is 4.91. The van der Waals surface area contributed by atoms with Crippen molar-refractivity contribution in [1.82, 2.24) is 0 Å². The van der Waals surface area contributed by atoms with E-state index in [9.17, 15) is 14.4 Å². The SMILES string of the molecule is O=C(Nc1ccccc1F)c1ccc[n+]([O-])c1. The van der Waals surface area contributed by atoms with Crippen LogP contribution in [0.5, 0.6) is 0 Å². The van der Waals surface area contributed by atoms with Crippen LogP contribution in [0.1, 0.15) is 10.4 Å². The molecular formula is C12H9FN2O2. The number of hydrogen-bond donors (Lipinski definition) is 1. The Morgan fingerprint density at radius 1 is 1.24 bits per heavy atom. The minimum atomic E-state index is -0.528. The summed E-state index contributed by atoms with van der Waals surface area (Å²) in [6.45, 7) is 0. The summed E-state index contributed by atoms with van der Waals surface area (Å²) in [7, 11) is 0. The van der Waals surface area contributed by atoms with Gasteiger partial charge in [-0.25, -0.2) is 4.39 Å². The molecule has 0 aliphatic carbocycles. The highest BCUT2D eigenvalue weighted by atomic mass is 19.1. The average Bonchev–Trinajstić information content (AvgIpc) is 2.32. The van der Waals surface area contributed by atoms with Crippen LogP contribution in [0.4, 0.5) is 10.1 Å². The number of aromatic nitrogens is 1. The molecule has 0 spiro atoms. The van der Waals surface area contributed by atoms with Gasteiger partial charge >= 0.3 is 0 Å². The number of nitrogens with one attached hydrogen (secondary N) is 1. The van der Waals surface area contributed by atoms with Crippen molar-refractivity contribution in [2.75, 3.05) is 5.32 Å². The Labute approximate surface area is 96.9 Å². The van der Waals surface area contributed by atoms with E-state index < -0.39 is 11.7 Å². The molecule has 1 aromatic carbocycles. The second kappa shape index (κ2) is 4.61. The highest BCUT2D eigenvalue weighted by Crippen LogP contribution is 2.13. The van der Waals surface area contributed by atoms with E-state index >= 15 is 0 Å². The van der Waals surface area contributed by atoms with E-state index in [2.05, 4.69) is 5.32 Å². The van der Waals surface area contributed by atoms with Crippen molar-refractivity contribution < 1.29 is 13.9 Å². The van der Waals surface area contributed by atoms with Gasteiger partial charge in [0.1, 0.15) is 11.4 Å². The molecule has 0 saturated carbocycles. The summed E-state index contributed by atoms with van der Waals surface area (Å²) in [5.74, 6) is -1.05. The van der Waals surface area contributed by atoms with Crippen molar-refractivity contribution in [1.29, 1.82) is 0 Å². The Hall–Kier alpha value is -2.43. The number of rotatable bonds is 2. The molecule has 0 bridgehead atoms. The van der Waals surface area contributed by atoms with Gasteiger partial charge in [0.05, 0.1) is 5.69 Å². The molecule has 1 amide bonds. The highest BCUT2D eigenvalue weighted by molar-refractivity contribution is 6.03. The lowest BCUT2D eigenvalue weighted by Gasteiger charge is -2.05. The normalized spacial score (nSPS) is 9.94. The van der Waals surface area contributed by atoms with Gasteiger partial charge in [-0.3, -0.25) is 4.79 Å². The van der Waals surface area contributed by atoms with E-state index in [4.69, 9.17) is 0 Å². The van der Waals surface area contributed by atoms with Gasteiger partial charge in [0.15, 0.2) is 12.4 Å². The monoisotopic (exact) mass is 232 g/mol. The molecule has 0 saturated heterocycles. The van der Waals surface area contributed by atoms with Crippen LogP contribution in [0.15, 0.2) is 48.8 Å². The predicted molar refractivity (Wildman–Crippen MR) is 59.8 cm³/mol. The van der Waals surface area contributed by atoms with E-state index in [1.54, 1.807) is 6.07 Å². The fourth-order valence-corrected chi connectivity index (χ4v) is 1.35. The van der Waals surface area contributed by atoms with Crippen LogP contribution >= 0.6 is 0 Å². The molecule has 0 unspecified atom stereocenters. The number of carbonyl (C=O) groups is 1. The maximum Gasteiger partial charge on any atom is 0.261 e. The Morgan fingerprint density at radius 2 is 2.00 bits per heavy atom. The molecule has 2 aromatic rings. The maximum absolute atomic E-state index is 13.3. The zero-order valence-corrected chi connectivity index (χ0v) is 8.76. The van der Waals surface area contributed by atoms with E-state index in [0.717, 1.165) is 6.20 Å². The lowest BCUT2D eigenvalue weighted by molar-refractivity contribution is -0.605. The number of anilines is 1. The minimum Gasteiger partial charge on any atom is -0.619 e. The van der Waals surface area contributed by atoms with Gasteiger partial charge in [0, 0.05) is 6.07 Å². The first-order chi connectivity index (χ1) is 8.16. The van der Waals surface area contributed by atoms with Crippen LogP contribution in [0, 0.1) is 11.0 Å². The summed E-state index contributed by atoms with van der Waals surface area (Å²) in [6.07, 6.45) is 2.38. The number of benzene rings is 1. The zero-order valence-electron chi connectivity index (χ0n) is 8.76. The smallest absolute Gasteiger partial charge is 0.261 e. The van der Waals surface area contributed by atoms with Crippen molar-refractivity contribution in [2.24, 2.45) is 0 Å². The minimum absolute atomic E-state index is 0.0822. The van der Waals surface area contributed by atoms with E-state index in [-0.39, 0.29) is 11.3 Å². The Morgan fingerprint density at radius 3 is 2.71 bits per heavy atom. The summed E-state index contributed by atoms with van der Waals surface area (Å²) in [4.78, 5) is 11.7. The molecule has 86 valence electrons. The van der Waals surface area contributed by atoms with Gasteiger partial charge in [-0.2, -0.15) is 4.73 Å². The molecule has 0 fully saturated rings. The molecule has 0 aliphatic heterocycles. The van der Waals surface area contributed by atoms with Crippen LogP contribution < -0.4 is 10.0 Å². The number of carbonyl (C=O) groups excluding carboxylic acids is 1. The van der Waals surface area contributed by atoms with Gasteiger partial charge in [-0.05, 0) is 18.2 Å². The van der Waals surface area contributed by atoms with Gasteiger partial charge in [-0.1, -0.05) is 12.1 Å². The molecule has 0 aliphatic rings. The fourth-order valence-electron chi connectivity index (χ4n) is 1.35. The topological polar surface area (TPSA) is 56.0 Å². The van der Waals surface area contributed by atoms with Gasteiger partial charge in [-0.15, -0.1) is 0 Å². The van der Waals surface area contributed by atoms with Crippen LogP contribution in [-0.4, -0.2) is 5.91 Å². The van der Waals surface area contributed by atoms with Crippen molar-refractivity contribution in [3.8, 4) is 0 Å². The molecule has 5 heteroatoms. The largest absolute Gasteiger partial charge is 0.619 e. The van der Waals surface area contributed by atoms with Crippen molar-refractivity contribution in [3.63, 3.8) is 0 Å². The third kappa shape index (κ3) is 2.57. The van der Waals surface area contributed by atoms with E-state index in [1.807, 2.05) is 0 Å². The first kappa shape index (κ1) is 11.1. The molecule has 2 rings (SSSR count). The predicted octanol–water partition coefficient (Wildman–Crippen LogP) is 1.71. The standard InChI is InChI=1S/C12H9FN2O2/c13-10-5-1-2-6-11(10)14-12(16)9-4-3-7-15(17)8-9/h1-8H,(H,14,16). The number of para-hydroxylation sites is 1. The lowest BCUT2D eigenvalue weighted by Crippen LogP contribution is -2.27. The quantitative estimate of drug-likeness (QED) is 0.633. The molecule has 1 N–H and O–H groups in total. The highest BCUT2D eigenvalue weighted by Gasteiger charge is 2.10. The molecule has 4 nitrogen and oxygen atoms in total.